The van der Waals surface area contributed by atoms with Gasteiger partial charge in [0, 0.05) is 18.6 Å². The highest BCUT2D eigenvalue weighted by Crippen LogP contribution is 2.39. The van der Waals surface area contributed by atoms with Crippen LogP contribution in [0.2, 0.25) is 0 Å². The second kappa shape index (κ2) is 6.58. The monoisotopic (exact) mass is 266 g/mol. The Bertz CT molecular complexity index is 270. The molecule has 0 aromatic carbocycles. The highest BCUT2D eigenvalue weighted by Gasteiger charge is 2.36. The Hall–Kier alpha value is -0.0800. The molecule has 0 heterocycles. The molecule has 2 atom stereocenters. The van der Waals surface area contributed by atoms with Crippen LogP contribution in [0.5, 0.6) is 0 Å². The summed E-state index contributed by atoms with van der Waals surface area (Å²) >= 11 is 0. The maximum absolute atomic E-state index is 3.81. The molecule has 0 spiro atoms. The maximum atomic E-state index is 3.81. The lowest BCUT2D eigenvalue weighted by atomic mass is 9.69. The number of rotatable bonds is 6. The Morgan fingerprint density at radius 1 is 1.21 bits per heavy atom. The molecule has 19 heavy (non-hydrogen) atoms. The fraction of sp³-hybridized carbons (Fsp3) is 1.00. The fourth-order valence-electron chi connectivity index (χ4n) is 3.87. The molecule has 2 aliphatic carbocycles. The number of nitrogens with one attached hydrogen (secondary N) is 1. The topological polar surface area (TPSA) is 15.3 Å². The van der Waals surface area contributed by atoms with E-state index in [1.54, 1.807) is 0 Å². The highest BCUT2D eigenvalue weighted by molar-refractivity contribution is 4.91. The van der Waals surface area contributed by atoms with Gasteiger partial charge in [0.25, 0.3) is 0 Å². The summed E-state index contributed by atoms with van der Waals surface area (Å²) in [7, 11) is 2.35. The molecular formula is C17H34N2. The number of hydrogen-bond donors (Lipinski definition) is 1. The van der Waals surface area contributed by atoms with Crippen LogP contribution in [0.3, 0.4) is 0 Å². The van der Waals surface area contributed by atoms with Gasteiger partial charge in [0.1, 0.15) is 0 Å². The van der Waals surface area contributed by atoms with Crippen molar-refractivity contribution in [1.82, 2.24) is 10.2 Å². The van der Waals surface area contributed by atoms with E-state index in [2.05, 4.69) is 38.0 Å². The molecule has 0 aliphatic heterocycles. The van der Waals surface area contributed by atoms with Crippen molar-refractivity contribution < 1.29 is 0 Å². The predicted octanol–water partition coefficient (Wildman–Crippen LogP) is 3.67. The van der Waals surface area contributed by atoms with Crippen LogP contribution in [-0.2, 0) is 0 Å². The number of nitrogens with zero attached hydrogens (tertiary/aromatic N) is 1. The molecule has 0 radical (unpaired) electrons. The lowest BCUT2D eigenvalue weighted by Crippen LogP contribution is -2.49. The molecule has 0 amide bonds. The van der Waals surface area contributed by atoms with E-state index in [1.165, 1.54) is 58.0 Å². The van der Waals surface area contributed by atoms with Gasteiger partial charge in [-0.2, -0.15) is 0 Å². The van der Waals surface area contributed by atoms with Crippen molar-refractivity contribution in [2.75, 3.05) is 20.1 Å². The standard InChI is InChI=1S/C17H34N2/c1-5-11-18-16-9-10-17(2,3)12-14(16)13-19(4)15-7-6-8-15/h14-16,18H,5-13H2,1-4H3. The van der Waals surface area contributed by atoms with Crippen LogP contribution >= 0.6 is 0 Å². The zero-order valence-electron chi connectivity index (χ0n) is 13.5. The van der Waals surface area contributed by atoms with Crippen molar-refractivity contribution in [3.8, 4) is 0 Å². The smallest absolute Gasteiger partial charge is 0.0108 e. The molecule has 1 N–H and O–H groups in total. The van der Waals surface area contributed by atoms with E-state index < -0.39 is 0 Å². The van der Waals surface area contributed by atoms with Crippen LogP contribution in [0.25, 0.3) is 0 Å². The third-order valence-electron chi connectivity index (χ3n) is 5.39. The SMILES string of the molecule is CCCNC1CCC(C)(C)CC1CN(C)C1CCC1. The second-order valence-electron chi connectivity index (χ2n) is 7.75. The average molecular weight is 266 g/mol. The summed E-state index contributed by atoms with van der Waals surface area (Å²) in [5.74, 6) is 0.848. The molecule has 0 aromatic rings. The van der Waals surface area contributed by atoms with Crippen LogP contribution in [0.1, 0.15) is 65.7 Å². The van der Waals surface area contributed by atoms with Gasteiger partial charge in [0.15, 0.2) is 0 Å². The Morgan fingerprint density at radius 2 is 1.95 bits per heavy atom. The van der Waals surface area contributed by atoms with Crippen molar-refractivity contribution in [2.24, 2.45) is 11.3 Å². The average Bonchev–Trinajstić information content (AvgIpc) is 2.24. The normalized spacial score (nSPS) is 31.4. The van der Waals surface area contributed by atoms with Gasteiger partial charge < -0.3 is 10.2 Å². The molecule has 2 nitrogen and oxygen atoms in total. The van der Waals surface area contributed by atoms with Crippen LogP contribution in [0.4, 0.5) is 0 Å². The Balaban J connectivity index is 1.89. The van der Waals surface area contributed by atoms with Crippen molar-refractivity contribution in [2.45, 2.75) is 77.8 Å². The van der Waals surface area contributed by atoms with Crippen LogP contribution in [0, 0.1) is 11.3 Å². The third kappa shape index (κ3) is 4.19. The van der Waals surface area contributed by atoms with Crippen molar-refractivity contribution in [3.05, 3.63) is 0 Å². The first-order valence-corrected chi connectivity index (χ1v) is 8.45. The lowest BCUT2D eigenvalue weighted by molar-refractivity contribution is 0.0741. The van der Waals surface area contributed by atoms with Gasteiger partial charge in [0.2, 0.25) is 0 Å². The van der Waals surface area contributed by atoms with Gasteiger partial charge in [-0.05, 0) is 63.5 Å². The zero-order valence-corrected chi connectivity index (χ0v) is 13.5. The first kappa shape index (κ1) is 15.3. The first-order valence-electron chi connectivity index (χ1n) is 8.45. The summed E-state index contributed by atoms with van der Waals surface area (Å²) in [6.45, 7) is 9.68. The molecule has 0 aromatic heterocycles. The summed E-state index contributed by atoms with van der Waals surface area (Å²) in [6, 6.07) is 1.65. The van der Waals surface area contributed by atoms with Gasteiger partial charge in [-0.3, -0.25) is 0 Å². The predicted molar refractivity (Wildman–Crippen MR) is 83.5 cm³/mol. The molecule has 2 aliphatic rings. The van der Waals surface area contributed by atoms with E-state index in [0.717, 1.165) is 18.0 Å². The van der Waals surface area contributed by atoms with Gasteiger partial charge in [-0.1, -0.05) is 27.2 Å². The minimum atomic E-state index is 0.551. The van der Waals surface area contributed by atoms with Gasteiger partial charge in [0.05, 0.1) is 0 Å². The summed E-state index contributed by atoms with van der Waals surface area (Å²) in [5.41, 5.74) is 0.551. The number of hydrogen-bond acceptors (Lipinski definition) is 2. The van der Waals surface area contributed by atoms with Gasteiger partial charge in [-0.25, -0.2) is 0 Å². The van der Waals surface area contributed by atoms with E-state index >= 15 is 0 Å². The Labute approximate surface area is 120 Å². The molecule has 0 saturated heterocycles. The Morgan fingerprint density at radius 3 is 2.53 bits per heavy atom. The van der Waals surface area contributed by atoms with Crippen LogP contribution < -0.4 is 5.32 Å². The lowest BCUT2D eigenvalue weighted by Gasteiger charge is -2.45. The molecule has 2 saturated carbocycles. The van der Waals surface area contributed by atoms with E-state index in [0.29, 0.717) is 5.41 Å². The van der Waals surface area contributed by atoms with E-state index in [9.17, 15) is 0 Å². The van der Waals surface area contributed by atoms with Gasteiger partial charge in [-0.15, -0.1) is 0 Å². The largest absolute Gasteiger partial charge is 0.314 e. The van der Waals surface area contributed by atoms with Crippen molar-refractivity contribution >= 4 is 0 Å². The molecule has 2 rings (SSSR count). The second-order valence-corrected chi connectivity index (χ2v) is 7.75. The molecule has 2 heteroatoms. The first-order chi connectivity index (χ1) is 9.02. The zero-order chi connectivity index (χ0) is 13.9. The third-order valence-corrected chi connectivity index (χ3v) is 5.39. The van der Waals surface area contributed by atoms with Gasteiger partial charge >= 0.3 is 0 Å². The van der Waals surface area contributed by atoms with Crippen LogP contribution in [0.15, 0.2) is 0 Å². The Kier molecular flexibility index (Phi) is 5.30. The summed E-state index contributed by atoms with van der Waals surface area (Å²) < 4.78 is 0. The van der Waals surface area contributed by atoms with E-state index in [4.69, 9.17) is 0 Å². The molecule has 2 unspecified atom stereocenters. The summed E-state index contributed by atoms with van der Waals surface area (Å²) in [6.07, 6.45) is 9.72. The molecule has 2 fully saturated rings. The highest BCUT2D eigenvalue weighted by atomic mass is 15.1. The maximum Gasteiger partial charge on any atom is 0.0108 e. The quantitative estimate of drug-likeness (QED) is 0.789. The van der Waals surface area contributed by atoms with Crippen molar-refractivity contribution in [1.29, 1.82) is 0 Å². The van der Waals surface area contributed by atoms with Crippen LogP contribution in [-0.4, -0.2) is 37.1 Å². The van der Waals surface area contributed by atoms with E-state index in [-0.39, 0.29) is 0 Å². The molecule has 0 bridgehead atoms. The summed E-state index contributed by atoms with van der Waals surface area (Å²) in [5, 5.41) is 3.81. The summed E-state index contributed by atoms with van der Waals surface area (Å²) in [4.78, 5) is 2.65. The minimum absolute atomic E-state index is 0.551. The fourth-order valence-corrected chi connectivity index (χ4v) is 3.87. The molecular weight excluding hydrogens is 232 g/mol. The molecule has 112 valence electrons. The van der Waals surface area contributed by atoms with Crippen molar-refractivity contribution in [3.63, 3.8) is 0 Å². The minimum Gasteiger partial charge on any atom is -0.314 e. The van der Waals surface area contributed by atoms with E-state index in [1.807, 2.05) is 0 Å².